The first kappa shape index (κ1) is 17.9. The molecule has 128 valence electrons. The summed E-state index contributed by atoms with van der Waals surface area (Å²) in [5, 5.41) is 11.1. The molecule has 0 aliphatic carbocycles. The number of amides is 2. The van der Waals surface area contributed by atoms with Gasteiger partial charge in [-0.05, 0) is 24.3 Å². The number of nitriles is 1. The van der Waals surface area contributed by atoms with Crippen molar-refractivity contribution in [2.75, 3.05) is 31.5 Å². The maximum absolute atomic E-state index is 12.6. The van der Waals surface area contributed by atoms with Gasteiger partial charge >= 0.3 is 0 Å². The molecular weight excluding hydrogens is 332 g/mol. The summed E-state index contributed by atoms with van der Waals surface area (Å²) in [6.07, 6.45) is -0.197. The van der Waals surface area contributed by atoms with Crippen molar-refractivity contribution in [3.8, 4) is 6.07 Å². The maximum Gasteiger partial charge on any atom is 0.243 e. The van der Waals surface area contributed by atoms with Gasteiger partial charge in [-0.3, -0.25) is 9.59 Å². The number of nitrogens with one attached hydrogen (secondary N) is 1. The van der Waals surface area contributed by atoms with Crippen LogP contribution in [0.4, 0.5) is 5.69 Å². The van der Waals surface area contributed by atoms with Crippen LogP contribution in [0.1, 0.15) is 13.3 Å². The van der Waals surface area contributed by atoms with E-state index in [0.717, 1.165) is 0 Å². The van der Waals surface area contributed by atoms with E-state index in [-0.39, 0.29) is 49.3 Å². The molecule has 0 unspecified atom stereocenters. The number of hydrogen-bond donors (Lipinski definition) is 1. The van der Waals surface area contributed by atoms with Crippen LogP contribution in [-0.2, 0) is 19.6 Å². The molecule has 1 heterocycles. The molecule has 1 saturated heterocycles. The van der Waals surface area contributed by atoms with Crippen LogP contribution >= 0.6 is 0 Å². The fourth-order valence-electron chi connectivity index (χ4n) is 2.42. The van der Waals surface area contributed by atoms with Crippen molar-refractivity contribution in [1.82, 2.24) is 9.21 Å². The lowest BCUT2D eigenvalue weighted by Crippen LogP contribution is -2.50. The molecule has 2 amide bonds. The van der Waals surface area contributed by atoms with E-state index in [4.69, 9.17) is 5.26 Å². The Morgan fingerprint density at radius 2 is 1.75 bits per heavy atom. The van der Waals surface area contributed by atoms with Gasteiger partial charge in [0.15, 0.2) is 0 Å². The van der Waals surface area contributed by atoms with E-state index < -0.39 is 10.0 Å². The third-order valence-electron chi connectivity index (χ3n) is 3.63. The first-order valence-electron chi connectivity index (χ1n) is 7.37. The lowest BCUT2D eigenvalue weighted by atomic mass is 10.3. The van der Waals surface area contributed by atoms with Gasteiger partial charge in [-0.2, -0.15) is 9.57 Å². The molecule has 0 radical (unpaired) electrons. The van der Waals surface area contributed by atoms with E-state index in [1.54, 1.807) is 6.07 Å². The highest BCUT2D eigenvalue weighted by atomic mass is 32.2. The van der Waals surface area contributed by atoms with E-state index in [0.29, 0.717) is 5.69 Å². The van der Waals surface area contributed by atoms with E-state index >= 15 is 0 Å². The van der Waals surface area contributed by atoms with E-state index in [2.05, 4.69) is 5.32 Å². The average molecular weight is 350 g/mol. The summed E-state index contributed by atoms with van der Waals surface area (Å²) in [4.78, 5) is 24.3. The predicted molar refractivity (Wildman–Crippen MR) is 86.3 cm³/mol. The maximum atomic E-state index is 12.6. The standard InChI is InChI=1S/C15H18N4O4S/c1-12(20)17-13-2-4-14(5-3-13)24(22,23)19-10-8-18(9-11-19)15(21)6-7-16/h2-5H,6,8-11H2,1H3,(H,17,20). The van der Waals surface area contributed by atoms with Crippen molar-refractivity contribution in [1.29, 1.82) is 5.26 Å². The van der Waals surface area contributed by atoms with Crippen molar-refractivity contribution in [2.24, 2.45) is 0 Å². The summed E-state index contributed by atoms with van der Waals surface area (Å²) in [6, 6.07) is 7.73. The Bertz CT molecular complexity index is 760. The van der Waals surface area contributed by atoms with Crippen LogP contribution < -0.4 is 5.32 Å². The summed E-state index contributed by atoms with van der Waals surface area (Å²) < 4.78 is 26.5. The molecule has 1 aromatic rings. The number of anilines is 1. The third-order valence-corrected chi connectivity index (χ3v) is 5.55. The normalized spacial score (nSPS) is 15.6. The molecule has 1 aliphatic rings. The Kier molecular flexibility index (Phi) is 5.54. The van der Waals surface area contributed by atoms with E-state index in [1.165, 1.54) is 40.4 Å². The molecular formula is C15H18N4O4S. The number of hydrogen-bond acceptors (Lipinski definition) is 5. The van der Waals surface area contributed by atoms with Crippen LogP contribution in [-0.4, -0.2) is 55.6 Å². The number of sulfonamides is 1. The van der Waals surface area contributed by atoms with Gasteiger partial charge < -0.3 is 10.2 Å². The molecule has 1 N–H and O–H groups in total. The second-order valence-electron chi connectivity index (χ2n) is 5.33. The number of piperazine rings is 1. The SMILES string of the molecule is CC(=O)Nc1ccc(S(=O)(=O)N2CCN(C(=O)CC#N)CC2)cc1. The number of carbonyl (C=O) groups excluding carboxylic acids is 2. The van der Waals surface area contributed by atoms with Crippen molar-refractivity contribution in [3.05, 3.63) is 24.3 Å². The monoisotopic (exact) mass is 350 g/mol. The van der Waals surface area contributed by atoms with Gasteiger partial charge in [-0.15, -0.1) is 0 Å². The van der Waals surface area contributed by atoms with Crippen LogP contribution in [0, 0.1) is 11.3 Å². The van der Waals surface area contributed by atoms with Gasteiger partial charge in [-0.1, -0.05) is 0 Å². The molecule has 1 aliphatic heterocycles. The van der Waals surface area contributed by atoms with E-state index in [1.807, 2.05) is 0 Å². The van der Waals surface area contributed by atoms with Gasteiger partial charge in [0.25, 0.3) is 0 Å². The predicted octanol–water partition coefficient (Wildman–Crippen LogP) is 0.392. The molecule has 0 aromatic heterocycles. The largest absolute Gasteiger partial charge is 0.339 e. The summed E-state index contributed by atoms with van der Waals surface area (Å²) in [5.74, 6) is -0.516. The van der Waals surface area contributed by atoms with Gasteiger partial charge in [0.1, 0.15) is 6.42 Å². The Morgan fingerprint density at radius 1 is 1.17 bits per heavy atom. The molecule has 0 spiro atoms. The van der Waals surface area contributed by atoms with Crippen molar-refractivity contribution >= 4 is 27.5 Å². The quantitative estimate of drug-likeness (QED) is 0.844. The molecule has 24 heavy (non-hydrogen) atoms. The number of rotatable bonds is 4. The summed E-state index contributed by atoms with van der Waals surface area (Å²) >= 11 is 0. The minimum atomic E-state index is -3.65. The van der Waals surface area contributed by atoms with Crippen molar-refractivity contribution < 1.29 is 18.0 Å². The highest BCUT2D eigenvalue weighted by molar-refractivity contribution is 7.89. The van der Waals surface area contributed by atoms with Crippen LogP contribution in [0.15, 0.2) is 29.2 Å². The Morgan fingerprint density at radius 3 is 2.25 bits per heavy atom. The highest BCUT2D eigenvalue weighted by Crippen LogP contribution is 2.20. The minimum absolute atomic E-state index is 0.133. The third kappa shape index (κ3) is 4.10. The molecule has 0 atom stereocenters. The van der Waals surface area contributed by atoms with Crippen LogP contribution in [0.2, 0.25) is 0 Å². The molecule has 1 aromatic carbocycles. The van der Waals surface area contributed by atoms with Crippen molar-refractivity contribution in [2.45, 2.75) is 18.2 Å². The van der Waals surface area contributed by atoms with Gasteiger partial charge in [-0.25, -0.2) is 8.42 Å². The Hall–Kier alpha value is -2.44. The summed E-state index contributed by atoms with van der Waals surface area (Å²) in [7, 11) is -3.65. The van der Waals surface area contributed by atoms with Gasteiger partial charge in [0.05, 0.1) is 11.0 Å². The lowest BCUT2D eigenvalue weighted by Gasteiger charge is -2.33. The van der Waals surface area contributed by atoms with Crippen LogP contribution in [0.3, 0.4) is 0 Å². The Labute approximate surface area is 140 Å². The number of benzene rings is 1. The van der Waals surface area contributed by atoms with Crippen LogP contribution in [0.25, 0.3) is 0 Å². The Balaban J connectivity index is 2.05. The molecule has 2 rings (SSSR count). The van der Waals surface area contributed by atoms with Crippen molar-refractivity contribution in [3.63, 3.8) is 0 Å². The first-order chi connectivity index (χ1) is 11.3. The smallest absolute Gasteiger partial charge is 0.243 e. The zero-order chi connectivity index (χ0) is 17.7. The molecule has 0 bridgehead atoms. The fraction of sp³-hybridized carbons (Fsp3) is 0.400. The molecule has 9 heteroatoms. The lowest BCUT2D eigenvalue weighted by molar-refractivity contribution is -0.131. The molecule has 0 saturated carbocycles. The number of carbonyl (C=O) groups is 2. The fourth-order valence-corrected chi connectivity index (χ4v) is 3.84. The second kappa shape index (κ2) is 7.42. The molecule has 1 fully saturated rings. The zero-order valence-electron chi connectivity index (χ0n) is 13.2. The topological polar surface area (TPSA) is 111 Å². The molecule has 8 nitrogen and oxygen atoms in total. The van der Waals surface area contributed by atoms with Gasteiger partial charge in [0.2, 0.25) is 21.8 Å². The van der Waals surface area contributed by atoms with Crippen LogP contribution in [0.5, 0.6) is 0 Å². The highest BCUT2D eigenvalue weighted by Gasteiger charge is 2.29. The van der Waals surface area contributed by atoms with E-state index in [9.17, 15) is 18.0 Å². The summed E-state index contributed by atoms with van der Waals surface area (Å²) in [6.45, 7) is 2.28. The summed E-state index contributed by atoms with van der Waals surface area (Å²) in [5.41, 5.74) is 0.522. The van der Waals surface area contributed by atoms with Gasteiger partial charge in [0, 0.05) is 38.8 Å². The second-order valence-corrected chi connectivity index (χ2v) is 7.26. The number of nitrogens with zero attached hydrogens (tertiary/aromatic N) is 3. The minimum Gasteiger partial charge on any atom is -0.339 e. The first-order valence-corrected chi connectivity index (χ1v) is 8.81. The zero-order valence-corrected chi connectivity index (χ0v) is 14.0. The average Bonchev–Trinajstić information content (AvgIpc) is 2.55.